The SMILES string of the molecule is Nc1ncc(C(=O)NC2CCC(Oc3cccc4cnccc34)CC2)s1. The number of nitrogens with two attached hydrogens (primary N) is 1. The molecule has 0 radical (unpaired) electrons. The van der Waals surface area contributed by atoms with Crippen molar-refractivity contribution in [1.29, 1.82) is 0 Å². The van der Waals surface area contributed by atoms with Gasteiger partial charge in [-0.2, -0.15) is 0 Å². The Labute approximate surface area is 155 Å². The van der Waals surface area contributed by atoms with E-state index in [0.717, 1.165) is 42.2 Å². The van der Waals surface area contributed by atoms with Crippen LogP contribution in [0.4, 0.5) is 5.13 Å². The summed E-state index contributed by atoms with van der Waals surface area (Å²) in [6.45, 7) is 0. The number of aromatic nitrogens is 2. The lowest BCUT2D eigenvalue weighted by molar-refractivity contribution is 0.0899. The minimum atomic E-state index is -0.0925. The summed E-state index contributed by atoms with van der Waals surface area (Å²) in [4.78, 5) is 20.9. The maximum atomic E-state index is 12.2. The highest BCUT2D eigenvalue weighted by Gasteiger charge is 2.24. The Kier molecular flexibility index (Phi) is 4.71. The molecule has 2 aromatic heterocycles. The van der Waals surface area contributed by atoms with Gasteiger partial charge in [-0.05, 0) is 37.8 Å². The average Bonchev–Trinajstić information content (AvgIpc) is 3.10. The third-order valence-electron chi connectivity index (χ3n) is 4.69. The van der Waals surface area contributed by atoms with Crippen LogP contribution < -0.4 is 15.8 Å². The third kappa shape index (κ3) is 3.62. The Morgan fingerprint density at radius 1 is 1.19 bits per heavy atom. The number of ether oxygens (including phenoxy) is 1. The number of nitrogens with one attached hydrogen (secondary N) is 1. The van der Waals surface area contributed by atoms with E-state index in [-0.39, 0.29) is 18.1 Å². The lowest BCUT2D eigenvalue weighted by Gasteiger charge is -2.29. The van der Waals surface area contributed by atoms with Gasteiger partial charge in [-0.15, -0.1) is 0 Å². The standard InChI is InChI=1S/C19H20N4O2S/c20-19-22-11-17(26-19)18(24)23-13-4-6-14(7-5-13)25-16-3-1-2-12-10-21-9-8-15(12)16/h1-3,8-11,13-14H,4-7H2,(H2,20,22)(H,23,24). The van der Waals surface area contributed by atoms with Gasteiger partial charge >= 0.3 is 0 Å². The zero-order chi connectivity index (χ0) is 17.9. The summed E-state index contributed by atoms with van der Waals surface area (Å²) in [7, 11) is 0. The first-order valence-corrected chi connectivity index (χ1v) is 9.52. The smallest absolute Gasteiger partial charge is 0.263 e. The molecule has 0 unspecified atom stereocenters. The molecule has 6 nitrogen and oxygen atoms in total. The van der Waals surface area contributed by atoms with Gasteiger partial charge in [0.05, 0.1) is 12.3 Å². The van der Waals surface area contributed by atoms with Gasteiger partial charge in [0.2, 0.25) is 0 Å². The Bertz CT molecular complexity index is 913. The minimum absolute atomic E-state index is 0.0925. The molecule has 0 bridgehead atoms. The Morgan fingerprint density at radius 3 is 2.81 bits per heavy atom. The fraction of sp³-hybridized carbons (Fsp3) is 0.316. The van der Waals surface area contributed by atoms with Gasteiger partial charge in [-0.1, -0.05) is 23.5 Å². The first-order chi connectivity index (χ1) is 12.7. The molecule has 0 spiro atoms. The van der Waals surface area contributed by atoms with E-state index in [1.807, 2.05) is 30.5 Å². The Balaban J connectivity index is 1.34. The molecule has 4 rings (SSSR count). The molecule has 1 fully saturated rings. The number of carbonyl (C=O) groups excluding carboxylic acids is 1. The van der Waals surface area contributed by atoms with Crippen LogP contribution in [0.1, 0.15) is 35.4 Å². The number of pyridine rings is 1. The summed E-state index contributed by atoms with van der Waals surface area (Å²) in [5.74, 6) is 0.808. The summed E-state index contributed by atoms with van der Waals surface area (Å²) < 4.78 is 6.24. The van der Waals surface area contributed by atoms with Gasteiger partial charge in [-0.25, -0.2) is 4.98 Å². The number of hydrogen-bond donors (Lipinski definition) is 2. The highest BCUT2D eigenvalue weighted by Crippen LogP contribution is 2.29. The fourth-order valence-corrected chi connectivity index (χ4v) is 3.94. The van der Waals surface area contributed by atoms with Gasteiger partial charge in [0.1, 0.15) is 10.6 Å². The predicted octanol–water partition coefficient (Wildman–Crippen LogP) is 3.39. The Hall–Kier alpha value is -2.67. The number of nitrogen functional groups attached to an aromatic ring is 1. The topological polar surface area (TPSA) is 90.1 Å². The van der Waals surface area contributed by atoms with Gasteiger partial charge in [-0.3, -0.25) is 9.78 Å². The maximum absolute atomic E-state index is 12.2. The molecule has 134 valence electrons. The molecule has 2 heterocycles. The summed E-state index contributed by atoms with van der Waals surface area (Å²) in [6.07, 6.45) is 8.96. The van der Waals surface area contributed by atoms with Crippen LogP contribution in [0, 0.1) is 0 Å². The van der Waals surface area contributed by atoms with E-state index in [9.17, 15) is 4.79 Å². The van der Waals surface area contributed by atoms with Crippen molar-refractivity contribution in [3.63, 3.8) is 0 Å². The van der Waals surface area contributed by atoms with Gasteiger partial charge < -0.3 is 15.8 Å². The molecule has 1 amide bonds. The van der Waals surface area contributed by atoms with E-state index < -0.39 is 0 Å². The summed E-state index contributed by atoms with van der Waals surface area (Å²) >= 11 is 1.21. The molecule has 1 aliphatic rings. The van der Waals surface area contributed by atoms with Crippen LogP contribution in [-0.4, -0.2) is 28.0 Å². The van der Waals surface area contributed by atoms with Crippen LogP contribution in [0.15, 0.2) is 42.9 Å². The quantitative estimate of drug-likeness (QED) is 0.737. The number of rotatable bonds is 4. The molecule has 3 N–H and O–H groups in total. The van der Waals surface area contributed by atoms with E-state index in [1.165, 1.54) is 17.5 Å². The first kappa shape index (κ1) is 16.8. The molecule has 3 aromatic rings. The highest BCUT2D eigenvalue weighted by molar-refractivity contribution is 7.17. The van der Waals surface area contributed by atoms with Gasteiger partial charge in [0.25, 0.3) is 5.91 Å². The first-order valence-electron chi connectivity index (χ1n) is 8.70. The molecule has 1 aromatic carbocycles. The van der Waals surface area contributed by atoms with Crippen molar-refractivity contribution in [3.05, 3.63) is 47.7 Å². The second kappa shape index (κ2) is 7.29. The lowest BCUT2D eigenvalue weighted by atomic mass is 9.93. The second-order valence-electron chi connectivity index (χ2n) is 6.48. The van der Waals surface area contributed by atoms with Crippen molar-refractivity contribution in [1.82, 2.24) is 15.3 Å². The maximum Gasteiger partial charge on any atom is 0.263 e. The second-order valence-corrected chi connectivity index (χ2v) is 7.54. The number of nitrogens with zero attached hydrogens (tertiary/aromatic N) is 2. The summed E-state index contributed by atoms with van der Waals surface area (Å²) in [6, 6.07) is 8.18. The Morgan fingerprint density at radius 2 is 2.04 bits per heavy atom. The van der Waals surface area contributed by atoms with Crippen molar-refractivity contribution in [2.45, 2.75) is 37.8 Å². The van der Waals surface area contributed by atoms with Crippen LogP contribution in [-0.2, 0) is 0 Å². The molecular formula is C19H20N4O2S. The van der Waals surface area contributed by atoms with Crippen molar-refractivity contribution in [3.8, 4) is 5.75 Å². The molecule has 0 aliphatic heterocycles. The lowest BCUT2D eigenvalue weighted by Crippen LogP contribution is -2.39. The summed E-state index contributed by atoms with van der Waals surface area (Å²) in [5.41, 5.74) is 5.59. The number of thiazole rings is 1. The molecule has 1 aliphatic carbocycles. The fourth-order valence-electron chi connectivity index (χ4n) is 3.35. The monoisotopic (exact) mass is 368 g/mol. The van der Waals surface area contributed by atoms with Crippen molar-refractivity contribution in [2.75, 3.05) is 5.73 Å². The third-order valence-corrected chi connectivity index (χ3v) is 5.52. The summed E-state index contributed by atoms with van der Waals surface area (Å²) in [5, 5.41) is 5.65. The van der Waals surface area contributed by atoms with Crippen molar-refractivity contribution < 1.29 is 9.53 Å². The molecule has 26 heavy (non-hydrogen) atoms. The molecule has 0 saturated heterocycles. The number of benzene rings is 1. The molecular weight excluding hydrogens is 348 g/mol. The largest absolute Gasteiger partial charge is 0.490 e. The number of amides is 1. The normalized spacial score (nSPS) is 20.0. The number of hydrogen-bond acceptors (Lipinski definition) is 6. The zero-order valence-corrected chi connectivity index (χ0v) is 15.0. The van der Waals surface area contributed by atoms with E-state index >= 15 is 0 Å². The van der Waals surface area contributed by atoms with Crippen molar-refractivity contribution in [2.24, 2.45) is 0 Å². The zero-order valence-electron chi connectivity index (χ0n) is 14.2. The number of carbonyl (C=O) groups is 1. The van der Waals surface area contributed by atoms with Crippen LogP contribution in [0.3, 0.4) is 0 Å². The number of fused-ring (bicyclic) bond motifs is 1. The van der Waals surface area contributed by atoms with Gasteiger partial charge in [0.15, 0.2) is 5.13 Å². The predicted molar refractivity (Wildman–Crippen MR) is 102 cm³/mol. The van der Waals surface area contributed by atoms with E-state index in [0.29, 0.717) is 10.0 Å². The van der Waals surface area contributed by atoms with E-state index in [4.69, 9.17) is 10.5 Å². The molecule has 7 heteroatoms. The van der Waals surface area contributed by atoms with Crippen LogP contribution in [0.2, 0.25) is 0 Å². The minimum Gasteiger partial charge on any atom is -0.490 e. The van der Waals surface area contributed by atoms with E-state index in [2.05, 4.69) is 15.3 Å². The van der Waals surface area contributed by atoms with Crippen LogP contribution in [0.25, 0.3) is 10.8 Å². The molecule has 1 saturated carbocycles. The van der Waals surface area contributed by atoms with Crippen molar-refractivity contribution >= 4 is 33.1 Å². The van der Waals surface area contributed by atoms with Crippen LogP contribution in [0.5, 0.6) is 5.75 Å². The highest BCUT2D eigenvalue weighted by atomic mass is 32.1. The molecule has 0 atom stereocenters. The number of anilines is 1. The average molecular weight is 368 g/mol. The van der Waals surface area contributed by atoms with Crippen LogP contribution >= 0.6 is 11.3 Å². The van der Waals surface area contributed by atoms with E-state index in [1.54, 1.807) is 6.20 Å². The van der Waals surface area contributed by atoms with Gasteiger partial charge in [0, 0.05) is 29.2 Å².